The van der Waals surface area contributed by atoms with E-state index in [2.05, 4.69) is 4.99 Å². The molecule has 70 valence electrons. The van der Waals surface area contributed by atoms with E-state index in [1.165, 1.54) is 6.07 Å². The molecule has 1 aliphatic rings. The van der Waals surface area contributed by atoms with E-state index in [1.54, 1.807) is 12.3 Å². The molecule has 0 radical (unpaired) electrons. The van der Waals surface area contributed by atoms with Crippen molar-refractivity contribution in [2.24, 2.45) is 4.99 Å². The first-order chi connectivity index (χ1) is 5.77. The molecule has 2 rings (SSSR count). The minimum atomic E-state index is -0.0814. The van der Waals surface area contributed by atoms with Crippen molar-refractivity contribution >= 4 is 23.2 Å². The predicted molar refractivity (Wildman–Crippen MR) is 56.3 cm³/mol. The van der Waals surface area contributed by atoms with Crippen molar-refractivity contribution < 1.29 is 10.2 Å². The van der Waals surface area contributed by atoms with Crippen molar-refractivity contribution in [3.63, 3.8) is 0 Å². The van der Waals surface area contributed by atoms with Gasteiger partial charge in [0.05, 0.1) is 0 Å². The average molecular weight is 244 g/mol. The highest BCUT2D eigenvalue weighted by molar-refractivity contribution is 8.93. The van der Waals surface area contributed by atoms with Gasteiger partial charge >= 0.3 is 0 Å². The highest BCUT2D eigenvalue weighted by atomic mass is 79.9. The van der Waals surface area contributed by atoms with Gasteiger partial charge in [0.25, 0.3) is 0 Å². The minimum Gasteiger partial charge on any atom is -0.504 e. The zero-order valence-electron chi connectivity index (χ0n) is 6.90. The summed E-state index contributed by atoms with van der Waals surface area (Å²) < 4.78 is 0. The van der Waals surface area contributed by atoms with Crippen molar-refractivity contribution in [2.45, 2.75) is 6.42 Å². The number of fused-ring (bicyclic) bond motifs is 1. The fourth-order valence-electron chi connectivity index (χ4n) is 1.32. The van der Waals surface area contributed by atoms with E-state index in [0.717, 1.165) is 24.1 Å². The van der Waals surface area contributed by atoms with Crippen molar-refractivity contribution in [3.8, 4) is 11.5 Å². The number of halogens is 1. The molecule has 1 aromatic carbocycles. The third kappa shape index (κ3) is 1.83. The Morgan fingerprint density at radius 1 is 1.15 bits per heavy atom. The van der Waals surface area contributed by atoms with Gasteiger partial charge in [0.2, 0.25) is 0 Å². The first-order valence-electron chi connectivity index (χ1n) is 3.82. The standard InChI is InChI=1S/C9H9NO2.BrH/c11-8-3-6-1-2-10-5-7(6)4-9(8)12;/h3-5,11-12H,1-2H2;1H. The summed E-state index contributed by atoms with van der Waals surface area (Å²) in [5.74, 6) is -0.133. The molecular weight excluding hydrogens is 234 g/mol. The number of phenolic OH excluding ortho intramolecular Hbond substituents is 2. The summed E-state index contributed by atoms with van der Waals surface area (Å²) in [6, 6.07) is 3.13. The fourth-order valence-corrected chi connectivity index (χ4v) is 1.32. The van der Waals surface area contributed by atoms with Gasteiger partial charge in [0, 0.05) is 12.8 Å². The van der Waals surface area contributed by atoms with Crippen LogP contribution in [0.1, 0.15) is 11.1 Å². The number of hydrogen-bond donors (Lipinski definition) is 2. The number of hydrogen-bond acceptors (Lipinski definition) is 3. The van der Waals surface area contributed by atoms with Crippen LogP contribution in [0.25, 0.3) is 0 Å². The Labute approximate surface area is 86.5 Å². The molecule has 0 unspecified atom stereocenters. The third-order valence-electron chi connectivity index (χ3n) is 1.98. The van der Waals surface area contributed by atoms with Gasteiger partial charge in [-0.25, -0.2) is 0 Å². The average Bonchev–Trinajstić information content (AvgIpc) is 2.07. The Morgan fingerprint density at radius 3 is 2.62 bits per heavy atom. The summed E-state index contributed by atoms with van der Waals surface area (Å²) in [6.45, 7) is 0.761. The van der Waals surface area contributed by atoms with Gasteiger partial charge in [-0.2, -0.15) is 0 Å². The number of phenols is 2. The van der Waals surface area contributed by atoms with Gasteiger partial charge < -0.3 is 10.2 Å². The highest BCUT2D eigenvalue weighted by Crippen LogP contribution is 2.28. The molecule has 0 amide bonds. The maximum absolute atomic E-state index is 9.18. The van der Waals surface area contributed by atoms with Crippen LogP contribution in [0, 0.1) is 0 Å². The van der Waals surface area contributed by atoms with Gasteiger partial charge in [-0.05, 0) is 29.7 Å². The molecule has 4 heteroatoms. The Morgan fingerprint density at radius 2 is 1.85 bits per heavy atom. The molecule has 0 fully saturated rings. The quantitative estimate of drug-likeness (QED) is 0.682. The monoisotopic (exact) mass is 243 g/mol. The lowest BCUT2D eigenvalue weighted by molar-refractivity contribution is 0.403. The predicted octanol–water partition coefficient (Wildman–Crippen LogP) is 1.65. The lowest BCUT2D eigenvalue weighted by Crippen LogP contribution is -2.02. The van der Waals surface area contributed by atoms with Crippen LogP contribution >= 0.6 is 17.0 Å². The summed E-state index contributed by atoms with van der Waals surface area (Å²) in [6.07, 6.45) is 2.55. The molecule has 0 atom stereocenters. The van der Waals surface area contributed by atoms with E-state index < -0.39 is 0 Å². The maximum Gasteiger partial charge on any atom is 0.158 e. The number of aromatic hydroxyl groups is 2. The fraction of sp³-hybridized carbons (Fsp3) is 0.222. The largest absolute Gasteiger partial charge is 0.504 e. The second-order valence-corrected chi connectivity index (χ2v) is 2.83. The second kappa shape index (κ2) is 3.79. The highest BCUT2D eigenvalue weighted by Gasteiger charge is 2.09. The molecule has 13 heavy (non-hydrogen) atoms. The third-order valence-corrected chi connectivity index (χ3v) is 1.98. The molecule has 2 N–H and O–H groups in total. The van der Waals surface area contributed by atoms with E-state index in [-0.39, 0.29) is 28.5 Å². The molecular formula is C9H10BrNO2. The first kappa shape index (κ1) is 10.1. The van der Waals surface area contributed by atoms with E-state index in [4.69, 9.17) is 5.11 Å². The Kier molecular flexibility index (Phi) is 2.93. The van der Waals surface area contributed by atoms with Crippen LogP contribution in [-0.4, -0.2) is 23.0 Å². The summed E-state index contributed by atoms with van der Waals surface area (Å²) in [5, 5.41) is 18.3. The molecule has 3 nitrogen and oxygen atoms in total. The van der Waals surface area contributed by atoms with Crippen molar-refractivity contribution in [1.29, 1.82) is 0 Å². The zero-order chi connectivity index (χ0) is 8.55. The second-order valence-electron chi connectivity index (χ2n) is 2.83. The van der Waals surface area contributed by atoms with Gasteiger partial charge in [-0.3, -0.25) is 4.99 Å². The molecule has 0 spiro atoms. The first-order valence-corrected chi connectivity index (χ1v) is 3.82. The SMILES string of the molecule is Br.Oc1cc2c(cc1O)CCN=C2. The zero-order valence-corrected chi connectivity index (χ0v) is 8.61. The van der Waals surface area contributed by atoms with Crippen LogP contribution in [0.4, 0.5) is 0 Å². The van der Waals surface area contributed by atoms with Gasteiger partial charge in [0.15, 0.2) is 11.5 Å². The van der Waals surface area contributed by atoms with Gasteiger partial charge in [-0.15, -0.1) is 17.0 Å². The topological polar surface area (TPSA) is 52.8 Å². The van der Waals surface area contributed by atoms with Gasteiger partial charge in [-0.1, -0.05) is 0 Å². The number of rotatable bonds is 0. The van der Waals surface area contributed by atoms with Crippen LogP contribution in [0.5, 0.6) is 11.5 Å². The molecule has 1 aromatic rings. The lowest BCUT2D eigenvalue weighted by atomic mass is 10.0. The Bertz CT molecular complexity index is 350. The number of nitrogens with zero attached hydrogens (tertiary/aromatic N) is 1. The minimum absolute atomic E-state index is 0. The molecule has 0 bridgehead atoms. The Balaban J connectivity index is 0.000000845. The number of aliphatic imine (C=N–C) groups is 1. The van der Waals surface area contributed by atoms with Gasteiger partial charge in [0.1, 0.15) is 0 Å². The summed E-state index contributed by atoms with van der Waals surface area (Å²) in [7, 11) is 0. The molecule has 1 aliphatic heterocycles. The molecule has 0 aromatic heterocycles. The Hall–Kier alpha value is -1.03. The van der Waals surface area contributed by atoms with E-state index in [1.807, 2.05) is 0 Å². The maximum atomic E-state index is 9.18. The van der Waals surface area contributed by atoms with Crippen LogP contribution in [0.15, 0.2) is 17.1 Å². The normalized spacial score (nSPS) is 13.2. The van der Waals surface area contributed by atoms with Crippen LogP contribution in [0.3, 0.4) is 0 Å². The van der Waals surface area contributed by atoms with Crippen LogP contribution in [-0.2, 0) is 6.42 Å². The molecule has 0 saturated heterocycles. The van der Waals surface area contributed by atoms with E-state index >= 15 is 0 Å². The van der Waals surface area contributed by atoms with Crippen molar-refractivity contribution in [3.05, 3.63) is 23.3 Å². The number of benzene rings is 1. The summed E-state index contributed by atoms with van der Waals surface area (Å²) in [5.41, 5.74) is 1.94. The van der Waals surface area contributed by atoms with E-state index in [9.17, 15) is 5.11 Å². The summed E-state index contributed by atoms with van der Waals surface area (Å²) >= 11 is 0. The molecule has 0 saturated carbocycles. The van der Waals surface area contributed by atoms with E-state index in [0.29, 0.717) is 0 Å². The van der Waals surface area contributed by atoms with Crippen LogP contribution in [0.2, 0.25) is 0 Å². The van der Waals surface area contributed by atoms with Crippen molar-refractivity contribution in [2.75, 3.05) is 6.54 Å². The van der Waals surface area contributed by atoms with Crippen molar-refractivity contribution in [1.82, 2.24) is 0 Å². The molecule has 0 aliphatic carbocycles. The lowest BCUT2D eigenvalue weighted by Gasteiger charge is -2.10. The summed E-state index contributed by atoms with van der Waals surface area (Å²) in [4.78, 5) is 4.07. The smallest absolute Gasteiger partial charge is 0.158 e. The van der Waals surface area contributed by atoms with Crippen LogP contribution < -0.4 is 0 Å². The molecule has 1 heterocycles.